The highest BCUT2D eigenvalue weighted by Crippen LogP contribution is 2.26. The largest absolute Gasteiger partial charge is 0.394 e. The maximum absolute atomic E-state index is 12.5. The van der Waals surface area contributed by atoms with Gasteiger partial charge in [0, 0.05) is 12.0 Å². The van der Waals surface area contributed by atoms with E-state index in [0.29, 0.717) is 19.4 Å². The first-order valence-corrected chi connectivity index (χ1v) is 7.55. The second kappa shape index (κ2) is 6.75. The lowest BCUT2D eigenvalue weighted by molar-refractivity contribution is -0.145. The zero-order chi connectivity index (χ0) is 16.3. The maximum atomic E-state index is 12.5. The van der Waals surface area contributed by atoms with Crippen molar-refractivity contribution in [3.8, 4) is 0 Å². The van der Waals surface area contributed by atoms with E-state index in [1.807, 2.05) is 20.8 Å². The summed E-state index contributed by atoms with van der Waals surface area (Å²) >= 11 is 0. The molecule has 0 aromatic rings. The van der Waals surface area contributed by atoms with Gasteiger partial charge < -0.3 is 20.4 Å². The van der Waals surface area contributed by atoms with E-state index in [9.17, 15) is 19.8 Å². The van der Waals surface area contributed by atoms with E-state index in [0.717, 1.165) is 6.42 Å². The van der Waals surface area contributed by atoms with Crippen LogP contribution >= 0.6 is 0 Å². The number of nitrogens with zero attached hydrogens (tertiary/aromatic N) is 1. The molecule has 1 fully saturated rings. The van der Waals surface area contributed by atoms with Gasteiger partial charge in [-0.05, 0) is 19.3 Å². The molecule has 0 radical (unpaired) electrons. The highest BCUT2D eigenvalue weighted by molar-refractivity contribution is 5.90. The summed E-state index contributed by atoms with van der Waals surface area (Å²) in [7, 11) is 0. The summed E-state index contributed by atoms with van der Waals surface area (Å²) in [5, 5.41) is 21.6. The van der Waals surface area contributed by atoms with Gasteiger partial charge in [-0.15, -0.1) is 0 Å². The third kappa shape index (κ3) is 3.95. The molecule has 122 valence electrons. The average molecular weight is 300 g/mol. The minimum absolute atomic E-state index is 0.0461. The first-order chi connectivity index (χ1) is 9.70. The van der Waals surface area contributed by atoms with Crippen molar-refractivity contribution >= 4 is 11.8 Å². The van der Waals surface area contributed by atoms with Crippen LogP contribution in [0.5, 0.6) is 0 Å². The average Bonchev–Trinajstić information content (AvgIpc) is 2.92. The minimum atomic E-state index is -1.02. The topological polar surface area (TPSA) is 89.9 Å². The second-order valence-electron chi connectivity index (χ2n) is 6.85. The number of amides is 2. The molecule has 21 heavy (non-hydrogen) atoms. The normalized spacial score (nSPS) is 19.7. The Hall–Kier alpha value is -1.14. The Labute approximate surface area is 126 Å². The molecular formula is C15H28N2O4. The highest BCUT2D eigenvalue weighted by atomic mass is 16.3. The molecular weight excluding hydrogens is 272 g/mol. The molecule has 0 aromatic heterocycles. The van der Waals surface area contributed by atoms with Crippen LogP contribution in [0.3, 0.4) is 0 Å². The molecule has 6 heteroatoms. The molecule has 1 saturated heterocycles. The van der Waals surface area contributed by atoms with Crippen LogP contribution in [0, 0.1) is 5.41 Å². The van der Waals surface area contributed by atoms with E-state index >= 15 is 0 Å². The zero-order valence-electron chi connectivity index (χ0n) is 13.5. The predicted molar refractivity (Wildman–Crippen MR) is 79.5 cm³/mol. The van der Waals surface area contributed by atoms with Crippen molar-refractivity contribution in [3.63, 3.8) is 0 Å². The summed E-state index contributed by atoms with van der Waals surface area (Å²) in [6.07, 6.45) is 1.83. The Morgan fingerprint density at radius 1 is 1.24 bits per heavy atom. The van der Waals surface area contributed by atoms with Gasteiger partial charge in [0.1, 0.15) is 6.04 Å². The van der Waals surface area contributed by atoms with E-state index < -0.39 is 17.0 Å². The predicted octanol–water partition coefficient (Wildman–Crippen LogP) is 0.273. The van der Waals surface area contributed by atoms with Crippen LogP contribution in [0.2, 0.25) is 0 Å². The van der Waals surface area contributed by atoms with Gasteiger partial charge in [0.2, 0.25) is 11.8 Å². The number of likely N-dealkylation sites (tertiary alicyclic amines) is 1. The van der Waals surface area contributed by atoms with E-state index in [2.05, 4.69) is 5.32 Å². The van der Waals surface area contributed by atoms with Crippen LogP contribution < -0.4 is 5.32 Å². The van der Waals surface area contributed by atoms with Crippen molar-refractivity contribution in [1.29, 1.82) is 0 Å². The van der Waals surface area contributed by atoms with Crippen LogP contribution in [0.1, 0.15) is 47.0 Å². The van der Waals surface area contributed by atoms with Gasteiger partial charge in [0.15, 0.2) is 0 Å². The smallest absolute Gasteiger partial charge is 0.243 e. The van der Waals surface area contributed by atoms with Gasteiger partial charge in [0.25, 0.3) is 0 Å². The monoisotopic (exact) mass is 300 g/mol. The summed E-state index contributed by atoms with van der Waals surface area (Å²) in [5.74, 6) is -0.342. The first kappa shape index (κ1) is 17.9. The van der Waals surface area contributed by atoms with E-state index in [4.69, 9.17) is 0 Å². The molecule has 0 bridgehead atoms. The standard InChI is InChI=1S/C15H28N2O4/c1-5-15(9-18,10-19)16-12(20)11-7-6-8-17(11)13(21)14(2,3)4/h11,18-19H,5-10H2,1-4H3,(H,16,20). The molecule has 0 aliphatic carbocycles. The van der Waals surface area contributed by atoms with Crippen molar-refractivity contribution in [1.82, 2.24) is 10.2 Å². The maximum Gasteiger partial charge on any atom is 0.243 e. The molecule has 1 aliphatic heterocycles. The van der Waals surface area contributed by atoms with Crippen molar-refractivity contribution in [3.05, 3.63) is 0 Å². The van der Waals surface area contributed by atoms with Gasteiger partial charge in [-0.1, -0.05) is 27.7 Å². The number of aliphatic hydroxyl groups is 2. The Kier molecular flexibility index (Phi) is 5.75. The van der Waals surface area contributed by atoms with Crippen LogP contribution in [0.25, 0.3) is 0 Å². The van der Waals surface area contributed by atoms with Gasteiger partial charge in [-0.2, -0.15) is 0 Å². The lowest BCUT2D eigenvalue weighted by Crippen LogP contribution is -2.59. The third-order valence-corrected chi connectivity index (χ3v) is 4.13. The summed E-state index contributed by atoms with van der Waals surface area (Å²) in [6.45, 7) is 7.21. The summed E-state index contributed by atoms with van der Waals surface area (Å²) in [6, 6.07) is -0.513. The van der Waals surface area contributed by atoms with E-state index in [-0.39, 0.29) is 25.0 Å². The van der Waals surface area contributed by atoms with Crippen LogP contribution in [-0.4, -0.2) is 58.3 Å². The number of rotatable bonds is 5. The number of carbonyl (C=O) groups excluding carboxylic acids is 2. The Morgan fingerprint density at radius 3 is 2.24 bits per heavy atom. The molecule has 1 heterocycles. The summed E-state index contributed by atoms with van der Waals surface area (Å²) in [5.41, 5.74) is -1.55. The summed E-state index contributed by atoms with van der Waals surface area (Å²) in [4.78, 5) is 26.5. The van der Waals surface area contributed by atoms with Gasteiger partial charge in [-0.3, -0.25) is 9.59 Å². The Balaban J connectivity index is 2.84. The van der Waals surface area contributed by atoms with Gasteiger partial charge in [0.05, 0.1) is 18.8 Å². The Morgan fingerprint density at radius 2 is 1.81 bits per heavy atom. The number of hydrogen-bond acceptors (Lipinski definition) is 4. The minimum Gasteiger partial charge on any atom is -0.394 e. The molecule has 1 rings (SSSR count). The Bertz CT molecular complexity index is 377. The number of carbonyl (C=O) groups is 2. The van der Waals surface area contributed by atoms with Crippen molar-refractivity contribution in [2.24, 2.45) is 5.41 Å². The molecule has 1 unspecified atom stereocenters. The molecule has 2 amide bonds. The number of nitrogens with one attached hydrogen (secondary N) is 1. The van der Waals surface area contributed by atoms with E-state index in [1.54, 1.807) is 11.8 Å². The van der Waals surface area contributed by atoms with Gasteiger partial charge in [-0.25, -0.2) is 0 Å². The van der Waals surface area contributed by atoms with Crippen LogP contribution in [0.4, 0.5) is 0 Å². The third-order valence-electron chi connectivity index (χ3n) is 4.13. The fourth-order valence-corrected chi connectivity index (χ4v) is 2.50. The van der Waals surface area contributed by atoms with Crippen molar-refractivity contribution in [2.75, 3.05) is 19.8 Å². The fourth-order valence-electron chi connectivity index (χ4n) is 2.50. The fraction of sp³-hybridized carbons (Fsp3) is 0.867. The molecule has 1 aliphatic rings. The molecule has 0 aromatic carbocycles. The van der Waals surface area contributed by atoms with Crippen molar-refractivity contribution in [2.45, 2.75) is 58.5 Å². The quantitative estimate of drug-likeness (QED) is 0.680. The molecule has 3 N–H and O–H groups in total. The number of aliphatic hydroxyl groups excluding tert-OH is 2. The second-order valence-corrected chi connectivity index (χ2v) is 6.85. The van der Waals surface area contributed by atoms with Gasteiger partial charge >= 0.3 is 0 Å². The van der Waals surface area contributed by atoms with Crippen molar-refractivity contribution < 1.29 is 19.8 Å². The van der Waals surface area contributed by atoms with Crippen LogP contribution in [-0.2, 0) is 9.59 Å². The lowest BCUT2D eigenvalue weighted by atomic mass is 9.94. The SMILES string of the molecule is CCC(CO)(CO)NC(=O)C1CCCN1C(=O)C(C)(C)C. The number of hydrogen-bond donors (Lipinski definition) is 3. The zero-order valence-corrected chi connectivity index (χ0v) is 13.5. The summed E-state index contributed by atoms with van der Waals surface area (Å²) < 4.78 is 0. The molecule has 0 spiro atoms. The molecule has 1 atom stereocenters. The highest BCUT2D eigenvalue weighted by Gasteiger charge is 2.40. The van der Waals surface area contributed by atoms with E-state index in [1.165, 1.54) is 0 Å². The van der Waals surface area contributed by atoms with Crippen LogP contribution in [0.15, 0.2) is 0 Å². The first-order valence-electron chi connectivity index (χ1n) is 7.55. The molecule has 6 nitrogen and oxygen atoms in total. The molecule has 0 saturated carbocycles. The lowest BCUT2D eigenvalue weighted by Gasteiger charge is -2.34.